The van der Waals surface area contributed by atoms with Crippen LogP contribution in [0.5, 0.6) is 0 Å². The number of H-pyrrole nitrogens is 1. The van der Waals surface area contributed by atoms with E-state index in [2.05, 4.69) is 20.5 Å². The molecule has 0 unspecified atom stereocenters. The Morgan fingerprint density at radius 1 is 1.44 bits per heavy atom. The summed E-state index contributed by atoms with van der Waals surface area (Å²) in [6.45, 7) is 0. The number of nitrogens with zero attached hydrogens (tertiary/aromatic N) is 2. The molecule has 82 valence electrons. The number of amides is 1. The van der Waals surface area contributed by atoms with E-state index in [1.54, 1.807) is 24.8 Å². The first-order valence-electron chi connectivity index (χ1n) is 4.66. The minimum absolute atomic E-state index is 0.0526. The molecule has 2 N–H and O–H groups in total. The summed E-state index contributed by atoms with van der Waals surface area (Å²) in [5, 5.41) is 9.09. The highest BCUT2D eigenvalue weighted by atomic mass is 32.2. The van der Waals surface area contributed by atoms with Gasteiger partial charge in [-0.05, 0) is 12.1 Å². The van der Waals surface area contributed by atoms with Crippen molar-refractivity contribution in [1.82, 2.24) is 15.2 Å². The number of anilines is 1. The molecule has 0 aliphatic heterocycles. The number of aromatic amines is 1. The summed E-state index contributed by atoms with van der Waals surface area (Å²) in [5.74, 6) is 0.318. The summed E-state index contributed by atoms with van der Waals surface area (Å²) >= 11 is 1.47. The lowest BCUT2D eigenvalue weighted by atomic mass is 10.5. The highest BCUT2D eigenvalue weighted by Crippen LogP contribution is 2.16. The standard InChI is InChI=1S/C10H10N4OS/c15-10(14-8-5-12-13-6-8)7-16-9-1-3-11-4-2-9/h1-6H,7H2,(H,12,13)(H,14,15). The number of hydrogen-bond acceptors (Lipinski definition) is 4. The highest BCUT2D eigenvalue weighted by Gasteiger charge is 2.03. The Hall–Kier alpha value is -1.82. The molecular weight excluding hydrogens is 224 g/mol. The average molecular weight is 234 g/mol. The van der Waals surface area contributed by atoms with Gasteiger partial charge in [0.2, 0.25) is 5.91 Å². The zero-order chi connectivity index (χ0) is 11.2. The quantitative estimate of drug-likeness (QED) is 0.787. The second kappa shape index (κ2) is 5.32. The molecule has 6 heteroatoms. The lowest BCUT2D eigenvalue weighted by Gasteiger charge is -2.01. The molecule has 1 amide bonds. The van der Waals surface area contributed by atoms with E-state index in [1.807, 2.05) is 12.1 Å². The van der Waals surface area contributed by atoms with Gasteiger partial charge >= 0.3 is 0 Å². The molecule has 0 aliphatic carbocycles. The second-order valence-electron chi connectivity index (χ2n) is 3.01. The van der Waals surface area contributed by atoms with Crippen LogP contribution in [0, 0.1) is 0 Å². The first-order chi connectivity index (χ1) is 7.84. The number of hydrogen-bond donors (Lipinski definition) is 2. The van der Waals surface area contributed by atoms with Crippen LogP contribution in [-0.4, -0.2) is 26.8 Å². The highest BCUT2D eigenvalue weighted by molar-refractivity contribution is 8.00. The van der Waals surface area contributed by atoms with Gasteiger partial charge in [-0.2, -0.15) is 5.10 Å². The van der Waals surface area contributed by atoms with Crippen LogP contribution in [-0.2, 0) is 4.79 Å². The Bertz CT molecular complexity index is 443. The summed E-state index contributed by atoms with van der Waals surface area (Å²) in [4.78, 5) is 16.4. The Morgan fingerprint density at radius 2 is 2.25 bits per heavy atom. The predicted octanol–water partition coefficient (Wildman–Crippen LogP) is 1.54. The smallest absolute Gasteiger partial charge is 0.234 e. The van der Waals surface area contributed by atoms with E-state index in [9.17, 15) is 4.79 Å². The summed E-state index contributed by atoms with van der Waals surface area (Å²) < 4.78 is 0. The maximum absolute atomic E-state index is 11.5. The third-order valence-electron chi connectivity index (χ3n) is 1.80. The van der Waals surface area contributed by atoms with Crippen LogP contribution in [0.3, 0.4) is 0 Å². The van der Waals surface area contributed by atoms with Gasteiger partial charge < -0.3 is 5.32 Å². The van der Waals surface area contributed by atoms with Gasteiger partial charge in [-0.25, -0.2) is 0 Å². The monoisotopic (exact) mass is 234 g/mol. The fourth-order valence-electron chi connectivity index (χ4n) is 1.10. The van der Waals surface area contributed by atoms with E-state index < -0.39 is 0 Å². The van der Waals surface area contributed by atoms with Crippen LogP contribution in [0.1, 0.15) is 0 Å². The van der Waals surface area contributed by atoms with Gasteiger partial charge in [-0.15, -0.1) is 11.8 Å². The zero-order valence-corrected chi connectivity index (χ0v) is 9.20. The van der Waals surface area contributed by atoms with E-state index in [4.69, 9.17) is 0 Å². The third-order valence-corrected chi connectivity index (χ3v) is 2.81. The summed E-state index contributed by atoms with van der Waals surface area (Å²) in [6.07, 6.45) is 6.61. The van der Waals surface area contributed by atoms with Crippen molar-refractivity contribution in [3.8, 4) is 0 Å². The minimum Gasteiger partial charge on any atom is -0.323 e. The van der Waals surface area contributed by atoms with E-state index in [1.165, 1.54) is 11.8 Å². The van der Waals surface area contributed by atoms with Gasteiger partial charge in [-0.1, -0.05) is 0 Å². The first kappa shape index (κ1) is 10.7. The van der Waals surface area contributed by atoms with E-state index in [0.29, 0.717) is 11.4 Å². The van der Waals surface area contributed by atoms with Gasteiger partial charge in [0.15, 0.2) is 0 Å². The number of nitrogens with one attached hydrogen (secondary N) is 2. The fraction of sp³-hybridized carbons (Fsp3) is 0.100. The maximum Gasteiger partial charge on any atom is 0.234 e. The number of carbonyl (C=O) groups excluding carboxylic acids is 1. The van der Waals surface area contributed by atoms with Gasteiger partial charge in [0.25, 0.3) is 0 Å². The second-order valence-corrected chi connectivity index (χ2v) is 4.06. The molecule has 0 bridgehead atoms. The van der Waals surface area contributed by atoms with Crippen molar-refractivity contribution in [3.63, 3.8) is 0 Å². The maximum atomic E-state index is 11.5. The van der Waals surface area contributed by atoms with Crippen LogP contribution in [0.4, 0.5) is 5.69 Å². The van der Waals surface area contributed by atoms with Crippen LogP contribution < -0.4 is 5.32 Å². The Kier molecular flexibility index (Phi) is 3.55. The fourth-order valence-corrected chi connectivity index (χ4v) is 1.78. The van der Waals surface area contributed by atoms with Crippen molar-refractivity contribution in [1.29, 1.82) is 0 Å². The van der Waals surface area contributed by atoms with Gasteiger partial charge in [0.05, 0.1) is 17.6 Å². The van der Waals surface area contributed by atoms with Crippen LogP contribution >= 0.6 is 11.8 Å². The number of pyridine rings is 1. The molecule has 0 fully saturated rings. The van der Waals surface area contributed by atoms with Crippen molar-refractivity contribution in [3.05, 3.63) is 36.9 Å². The third kappa shape index (κ3) is 3.09. The largest absolute Gasteiger partial charge is 0.323 e. The number of rotatable bonds is 4. The molecule has 2 heterocycles. The van der Waals surface area contributed by atoms with E-state index in [-0.39, 0.29) is 5.91 Å². The summed E-state index contributed by atoms with van der Waals surface area (Å²) in [6, 6.07) is 3.74. The SMILES string of the molecule is O=C(CSc1ccncc1)Nc1cn[nH]c1. The molecule has 5 nitrogen and oxygen atoms in total. The Labute approximate surface area is 96.7 Å². The molecule has 0 aromatic carbocycles. The van der Waals surface area contributed by atoms with Gasteiger partial charge in [0, 0.05) is 23.5 Å². The molecule has 0 radical (unpaired) electrons. The van der Waals surface area contributed by atoms with E-state index >= 15 is 0 Å². The molecule has 16 heavy (non-hydrogen) atoms. The van der Waals surface area contributed by atoms with Crippen LogP contribution in [0.15, 0.2) is 41.8 Å². The van der Waals surface area contributed by atoms with Crippen molar-refractivity contribution in [2.45, 2.75) is 4.90 Å². The number of thioether (sulfide) groups is 1. The minimum atomic E-state index is -0.0526. The van der Waals surface area contributed by atoms with Crippen molar-refractivity contribution >= 4 is 23.4 Å². The molecule has 0 atom stereocenters. The molecule has 0 saturated carbocycles. The summed E-state index contributed by atoms with van der Waals surface area (Å²) in [7, 11) is 0. The molecule has 0 aliphatic rings. The number of aromatic nitrogens is 3. The number of carbonyl (C=O) groups is 1. The summed E-state index contributed by atoms with van der Waals surface area (Å²) in [5.41, 5.74) is 0.681. The van der Waals surface area contributed by atoms with Crippen LogP contribution in [0.25, 0.3) is 0 Å². The lowest BCUT2D eigenvalue weighted by molar-refractivity contribution is -0.113. The molecular formula is C10H10N4OS. The Morgan fingerprint density at radius 3 is 2.94 bits per heavy atom. The van der Waals surface area contributed by atoms with Crippen molar-refractivity contribution in [2.24, 2.45) is 0 Å². The predicted molar refractivity (Wildman–Crippen MR) is 62.2 cm³/mol. The molecule has 0 saturated heterocycles. The zero-order valence-electron chi connectivity index (χ0n) is 8.38. The van der Waals surface area contributed by atoms with Gasteiger partial charge in [0.1, 0.15) is 0 Å². The first-order valence-corrected chi connectivity index (χ1v) is 5.64. The molecule has 2 rings (SSSR count). The molecule has 0 spiro atoms. The van der Waals surface area contributed by atoms with Crippen LogP contribution in [0.2, 0.25) is 0 Å². The molecule has 2 aromatic heterocycles. The van der Waals surface area contributed by atoms with Crippen molar-refractivity contribution < 1.29 is 4.79 Å². The molecule has 2 aromatic rings. The lowest BCUT2D eigenvalue weighted by Crippen LogP contribution is -2.13. The normalized spacial score (nSPS) is 10.0. The van der Waals surface area contributed by atoms with Gasteiger partial charge in [-0.3, -0.25) is 14.9 Å². The average Bonchev–Trinajstić information content (AvgIpc) is 2.81. The van der Waals surface area contributed by atoms with Crippen molar-refractivity contribution in [2.75, 3.05) is 11.1 Å². The van der Waals surface area contributed by atoms with E-state index in [0.717, 1.165) is 4.90 Å². The topological polar surface area (TPSA) is 70.7 Å². The Balaban J connectivity index is 1.80.